The second-order valence-electron chi connectivity index (χ2n) is 7.00. The summed E-state index contributed by atoms with van der Waals surface area (Å²) >= 11 is 0. The average molecular weight is 381 g/mol. The van der Waals surface area contributed by atoms with Crippen LogP contribution in [-0.4, -0.2) is 35.3 Å². The van der Waals surface area contributed by atoms with Crippen LogP contribution in [-0.2, 0) is 0 Å². The van der Waals surface area contributed by atoms with Crippen molar-refractivity contribution in [2.75, 3.05) is 5.75 Å². The molecule has 2 aromatic rings. The molecule has 2 rings (SSSR count). The second-order valence-corrected chi connectivity index (χ2v) is 9.34. The minimum atomic E-state index is -0.185. The number of hydrogen-bond acceptors (Lipinski definition) is 0. The molecule has 2 aromatic carbocycles. The van der Waals surface area contributed by atoms with Crippen LogP contribution in [0, 0.1) is 0 Å². The number of benzene rings is 2. The molecule has 0 bridgehead atoms. The zero-order valence-corrected chi connectivity index (χ0v) is 16.9. The predicted octanol–water partition coefficient (Wildman–Crippen LogP) is 7.38. The number of thiol groups is 1. The zero-order chi connectivity index (χ0) is 17.6. The van der Waals surface area contributed by atoms with E-state index in [9.17, 15) is 0 Å². The van der Waals surface area contributed by atoms with E-state index in [0.717, 1.165) is 0 Å². The molecule has 140 valence electrons. The van der Waals surface area contributed by atoms with Gasteiger partial charge < -0.3 is 0 Å². The van der Waals surface area contributed by atoms with Gasteiger partial charge in [-0.15, -0.1) is 0 Å². The Labute approximate surface area is 186 Å². The normalized spacial score (nSPS) is 11.0. The van der Waals surface area contributed by atoms with Gasteiger partial charge in [-0.3, -0.25) is 0 Å². The maximum atomic E-state index is 2.31. The molecule has 0 saturated carbocycles. The van der Waals surface area contributed by atoms with Crippen molar-refractivity contribution < 1.29 is 0 Å². The van der Waals surface area contributed by atoms with Gasteiger partial charge in [0.15, 0.2) is 0 Å². The fraction of sp³-hybridized carbons (Fsp3) is 0.500. The van der Waals surface area contributed by atoms with E-state index in [1.54, 1.807) is 0 Å². The summed E-state index contributed by atoms with van der Waals surface area (Å²) < 4.78 is 0. The molecule has 0 aliphatic heterocycles. The molecule has 0 fully saturated rings. The summed E-state index contributed by atoms with van der Waals surface area (Å²) in [6, 6.07) is 22.3. The van der Waals surface area contributed by atoms with E-state index >= 15 is 0 Å². The summed E-state index contributed by atoms with van der Waals surface area (Å²) in [4.78, 5) is 3.05. The molecule has 0 aliphatic carbocycles. The minimum absolute atomic E-state index is 0. The third kappa shape index (κ3) is 9.65. The molecule has 2 heteroatoms. The van der Waals surface area contributed by atoms with Gasteiger partial charge in [0, 0.05) is 0 Å². The summed E-state index contributed by atoms with van der Waals surface area (Å²) in [6.45, 7) is 2.29. The first-order valence-corrected chi connectivity index (χ1v) is 11.8. The van der Waals surface area contributed by atoms with Crippen LogP contribution >= 0.6 is 10.9 Å². The molecular weight excluding hydrogens is 343 g/mol. The van der Waals surface area contributed by atoms with Crippen molar-refractivity contribution in [2.45, 2.75) is 80.9 Å². The standard InChI is InChI=1S/C24H36S.Na.H/c1-2-3-4-5-6-7-8-9-10-17-22-25(23-18-13-11-14-19-23)24-20-15-12-16-21-24;;/h11-16,18-21,25H,2-10,17,22H2,1H3;;. The van der Waals surface area contributed by atoms with Crippen LogP contribution in [0.25, 0.3) is 0 Å². The maximum absolute atomic E-state index is 2.31. The fourth-order valence-corrected chi connectivity index (χ4v) is 5.80. The summed E-state index contributed by atoms with van der Waals surface area (Å²) in [6.07, 6.45) is 14.2. The zero-order valence-electron chi connectivity index (χ0n) is 16.0. The van der Waals surface area contributed by atoms with Crippen molar-refractivity contribution >= 4 is 40.5 Å². The molecule has 0 nitrogen and oxygen atoms in total. The van der Waals surface area contributed by atoms with Crippen molar-refractivity contribution in [3.63, 3.8) is 0 Å². The van der Waals surface area contributed by atoms with Crippen LogP contribution in [0.15, 0.2) is 70.5 Å². The van der Waals surface area contributed by atoms with Crippen LogP contribution in [0.4, 0.5) is 0 Å². The van der Waals surface area contributed by atoms with E-state index in [-0.39, 0.29) is 40.5 Å². The SMILES string of the molecule is CCCCCCCCCCCC[SH](c1ccccc1)c1ccccc1.[NaH]. The van der Waals surface area contributed by atoms with Gasteiger partial charge in [-0.05, 0) is 22.0 Å². The van der Waals surface area contributed by atoms with Crippen LogP contribution in [0.1, 0.15) is 71.1 Å². The van der Waals surface area contributed by atoms with Gasteiger partial charge in [-0.25, -0.2) is 10.9 Å². The third-order valence-electron chi connectivity index (χ3n) is 4.87. The first kappa shape index (κ1) is 23.8. The molecule has 0 heterocycles. The molecule has 0 atom stereocenters. The van der Waals surface area contributed by atoms with Crippen molar-refractivity contribution in [3.05, 3.63) is 60.7 Å². The Balaban J connectivity index is 0.00000338. The Morgan fingerprint density at radius 1 is 0.538 bits per heavy atom. The Morgan fingerprint density at radius 3 is 1.35 bits per heavy atom. The van der Waals surface area contributed by atoms with E-state index < -0.39 is 0 Å². The van der Waals surface area contributed by atoms with Crippen molar-refractivity contribution in [2.24, 2.45) is 0 Å². The first-order chi connectivity index (χ1) is 12.4. The molecular formula is C24H37NaS. The Kier molecular flexibility index (Phi) is 14.5. The van der Waals surface area contributed by atoms with Gasteiger partial charge in [0.1, 0.15) is 0 Å². The number of rotatable bonds is 13. The van der Waals surface area contributed by atoms with Gasteiger partial charge in [0.2, 0.25) is 0 Å². The number of unbranched alkanes of at least 4 members (excludes halogenated alkanes) is 9. The second kappa shape index (κ2) is 15.8. The summed E-state index contributed by atoms with van der Waals surface area (Å²) in [5, 5.41) is 0. The van der Waals surface area contributed by atoms with Crippen molar-refractivity contribution in [3.8, 4) is 0 Å². The molecule has 0 radical (unpaired) electrons. The van der Waals surface area contributed by atoms with Gasteiger partial charge >= 0.3 is 29.6 Å². The average Bonchev–Trinajstić information content (AvgIpc) is 2.67. The topological polar surface area (TPSA) is 0 Å². The van der Waals surface area contributed by atoms with Gasteiger partial charge in [-0.2, -0.15) is 0 Å². The third-order valence-corrected chi connectivity index (χ3v) is 7.48. The molecule has 0 amide bonds. The van der Waals surface area contributed by atoms with Crippen LogP contribution < -0.4 is 0 Å². The molecule has 0 unspecified atom stereocenters. The van der Waals surface area contributed by atoms with E-state index in [1.165, 1.54) is 79.8 Å². The quantitative estimate of drug-likeness (QED) is 0.209. The molecule has 0 aliphatic rings. The molecule has 0 saturated heterocycles. The molecule has 0 N–H and O–H groups in total. The predicted molar refractivity (Wildman–Crippen MR) is 122 cm³/mol. The van der Waals surface area contributed by atoms with E-state index in [1.807, 2.05) is 0 Å². The number of hydrogen-bond donors (Lipinski definition) is 1. The van der Waals surface area contributed by atoms with Crippen LogP contribution in [0.3, 0.4) is 0 Å². The van der Waals surface area contributed by atoms with Crippen LogP contribution in [0.5, 0.6) is 0 Å². The fourth-order valence-electron chi connectivity index (χ4n) is 3.38. The summed E-state index contributed by atoms with van der Waals surface area (Å²) in [5.74, 6) is 1.33. The monoisotopic (exact) mass is 380 g/mol. The van der Waals surface area contributed by atoms with E-state index in [4.69, 9.17) is 0 Å². The van der Waals surface area contributed by atoms with Crippen LogP contribution in [0.2, 0.25) is 0 Å². The Morgan fingerprint density at radius 2 is 0.923 bits per heavy atom. The van der Waals surface area contributed by atoms with Crippen molar-refractivity contribution in [1.29, 1.82) is 0 Å². The molecule has 0 spiro atoms. The van der Waals surface area contributed by atoms with Gasteiger partial charge in [0.25, 0.3) is 0 Å². The Hall–Kier alpha value is -0.210. The molecule has 0 aromatic heterocycles. The van der Waals surface area contributed by atoms with Gasteiger partial charge in [-0.1, -0.05) is 125 Å². The summed E-state index contributed by atoms with van der Waals surface area (Å²) in [7, 11) is -0.185. The van der Waals surface area contributed by atoms with Gasteiger partial charge in [0.05, 0.1) is 0 Å². The first-order valence-electron chi connectivity index (χ1n) is 10.3. The van der Waals surface area contributed by atoms with E-state index in [2.05, 4.69) is 67.6 Å². The molecule has 26 heavy (non-hydrogen) atoms. The van der Waals surface area contributed by atoms with Crippen molar-refractivity contribution in [1.82, 2.24) is 0 Å². The van der Waals surface area contributed by atoms with E-state index in [0.29, 0.717) is 0 Å². The summed E-state index contributed by atoms with van der Waals surface area (Å²) in [5.41, 5.74) is 0. The Bertz CT molecular complexity index is 501.